The number of hydrogen-bond donors (Lipinski definition) is 0. The van der Waals surface area contributed by atoms with E-state index in [4.69, 9.17) is 9.47 Å². The van der Waals surface area contributed by atoms with Crippen molar-refractivity contribution in [3.05, 3.63) is 51.8 Å². The van der Waals surface area contributed by atoms with Gasteiger partial charge in [0.05, 0.1) is 24.5 Å². The standard InChI is InChI=1S/C18H19BrN2O4/c1-4-24-17(22)15-10-16(18(23)25-5-2)21(12(15)3)11-20-14-8-6-13(19)7-9-14/h6-11H,4-5H2,1-3H3. The van der Waals surface area contributed by atoms with Crippen molar-refractivity contribution in [1.82, 2.24) is 4.57 Å². The predicted molar refractivity (Wildman–Crippen MR) is 98.8 cm³/mol. The van der Waals surface area contributed by atoms with Crippen LogP contribution < -0.4 is 0 Å². The maximum atomic E-state index is 12.2. The van der Waals surface area contributed by atoms with Gasteiger partial charge in [-0.1, -0.05) is 15.9 Å². The minimum Gasteiger partial charge on any atom is -0.462 e. The largest absolute Gasteiger partial charge is 0.462 e. The van der Waals surface area contributed by atoms with E-state index in [9.17, 15) is 9.59 Å². The number of rotatable bonds is 6. The zero-order chi connectivity index (χ0) is 18.4. The molecule has 0 aliphatic rings. The summed E-state index contributed by atoms with van der Waals surface area (Å²) in [6, 6.07) is 8.86. The molecule has 2 rings (SSSR count). The van der Waals surface area contributed by atoms with Gasteiger partial charge in [-0.3, -0.25) is 4.57 Å². The average Bonchev–Trinajstić information content (AvgIpc) is 2.92. The summed E-state index contributed by atoms with van der Waals surface area (Å²) in [7, 11) is 0. The van der Waals surface area contributed by atoms with E-state index in [1.54, 1.807) is 20.8 Å². The lowest BCUT2D eigenvalue weighted by atomic mass is 10.2. The summed E-state index contributed by atoms with van der Waals surface area (Å²) in [5, 5.41) is 0. The van der Waals surface area contributed by atoms with Crippen LogP contribution in [0.4, 0.5) is 5.69 Å². The lowest BCUT2D eigenvalue weighted by molar-refractivity contribution is 0.0516. The van der Waals surface area contributed by atoms with Crippen LogP contribution in [-0.4, -0.2) is 36.1 Å². The molecule has 1 aromatic heterocycles. The maximum Gasteiger partial charge on any atom is 0.355 e. The molecule has 0 spiro atoms. The lowest BCUT2D eigenvalue weighted by Gasteiger charge is -2.06. The average molecular weight is 407 g/mol. The number of halogens is 1. The molecule has 0 N–H and O–H groups in total. The number of ether oxygens (including phenoxy) is 2. The lowest BCUT2D eigenvalue weighted by Crippen LogP contribution is -2.12. The van der Waals surface area contributed by atoms with Gasteiger partial charge in [0.25, 0.3) is 0 Å². The van der Waals surface area contributed by atoms with E-state index in [0.29, 0.717) is 16.9 Å². The van der Waals surface area contributed by atoms with E-state index in [1.165, 1.54) is 17.0 Å². The number of benzene rings is 1. The van der Waals surface area contributed by atoms with Crippen LogP contribution in [0.1, 0.15) is 40.4 Å². The van der Waals surface area contributed by atoms with Gasteiger partial charge < -0.3 is 9.47 Å². The van der Waals surface area contributed by atoms with Crippen LogP contribution in [0.3, 0.4) is 0 Å². The molecule has 132 valence electrons. The second kappa shape index (κ2) is 8.62. The highest BCUT2D eigenvalue weighted by atomic mass is 79.9. The fourth-order valence-corrected chi connectivity index (χ4v) is 2.46. The quantitative estimate of drug-likeness (QED) is 0.410. The van der Waals surface area contributed by atoms with Crippen molar-refractivity contribution in [2.45, 2.75) is 20.8 Å². The van der Waals surface area contributed by atoms with Crippen molar-refractivity contribution in [2.75, 3.05) is 13.2 Å². The molecule has 1 aromatic carbocycles. The Morgan fingerprint density at radius 1 is 1.12 bits per heavy atom. The fourth-order valence-electron chi connectivity index (χ4n) is 2.20. The molecule has 6 nitrogen and oxygen atoms in total. The molecule has 2 aromatic rings. The Bertz CT molecular complexity index is 794. The molecule has 0 amide bonds. The first-order valence-electron chi connectivity index (χ1n) is 7.83. The van der Waals surface area contributed by atoms with Gasteiger partial charge in [0, 0.05) is 10.2 Å². The SMILES string of the molecule is CCOC(=O)c1cc(C(=O)OCC)n(C=Nc2ccc(Br)cc2)c1C. The van der Waals surface area contributed by atoms with Crippen molar-refractivity contribution in [1.29, 1.82) is 0 Å². The second-order valence-corrected chi connectivity index (χ2v) is 5.98. The monoisotopic (exact) mass is 406 g/mol. The zero-order valence-corrected chi connectivity index (χ0v) is 15.9. The van der Waals surface area contributed by atoms with Gasteiger partial charge in [-0.2, -0.15) is 0 Å². The topological polar surface area (TPSA) is 69.9 Å². The molecule has 0 atom stereocenters. The first-order valence-corrected chi connectivity index (χ1v) is 8.63. The molecule has 0 saturated heterocycles. The van der Waals surface area contributed by atoms with Crippen LogP contribution in [0.25, 0.3) is 0 Å². The number of aromatic nitrogens is 1. The number of aliphatic imine (C=N–C) groups is 1. The van der Waals surface area contributed by atoms with Gasteiger partial charge in [0.1, 0.15) is 12.0 Å². The van der Waals surface area contributed by atoms with Crippen LogP contribution >= 0.6 is 15.9 Å². The Kier molecular flexibility index (Phi) is 6.52. The van der Waals surface area contributed by atoms with E-state index in [1.807, 2.05) is 24.3 Å². The van der Waals surface area contributed by atoms with Gasteiger partial charge in [-0.15, -0.1) is 0 Å². The smallest absolute Gasteiger partial charge is 0.355 e. The first-order chi connectivity index (χ1) is 12.0. The van der Waals surface area contributed by atoms with Crippen molar-refractivity contribution in [2.24, 2.45) is 4.99 Å². The molecule has 1 heterocycles. The normalized spacial score (nSPS) is 10.9. The predicted octanol–water partition coefficient (Wildman–Crippen LogP) is 4.12. The van der Waals surface area contributed by atoms with Crippen molar-refractivity contribution < 1.29 is 19.1 Å². The van der Waals surface area contributed by atoms with Crippen LogP contribution in [0.2, 0.25) is 0 Å². The number of esters is 2. The van der Waals surface area contributed by atoms with Gasteiger partial charge in [0.15, 0.2) is 0 Å². The molecule has 0 aliphatic heterocycles. The molecule has 0 saturated carbocycles. The maximum absolute atomic E-state index is 12.2. The molecule has 25 heavy (non-hydrogen) atoms. The minimum absolute atomic E-state index is 0.225. The van der Waals surface area contributed by atoms with Crippen molar-refractivity contribution >= 4 is 39.9 Å². The minimum atomic E-state index is -0.525. The highest BCUT2D eigenvalue weighted by molar-refractivity contribution is 9.10. The third-order valence-electron chi connectivity index (χ3n) is 3.42. The van der Waals surface area contributed by atoms with Crippen LogP contribution in [0.5, 0.6) is 0 Å². The Morgan fingerprint density at radius 2 is 1.72 bits per heavy atom. The Morgan fingerprint density at radius 3 is 2.32 bits per heavy atom. The van der Waals surface area contributed by atoms with Crippen LogP contribution in [-0.2, 0) is 9.47 Å². The highest BCUT2D eigenvalue weighted by Gasteiger charge is 2.22. The van der Waals surface area contributed by atoms with Crippen molar-refractivity contribution in [3.63, 3.8) is 0 Å². The summed E-state index contributed by atoms with van der Waals surface area (Å²) in [6.45, 7) is 5.67. The number of carbonyl (C=O) groups excluding carboxylic acids is 2. The van der Waals surface area contributed by atoms with E-state index >= 15 is 0 Å². The van der Waals surface area contributed by atoms with Gasteiger partial charge >= 0.3 is 11.9 Å². The van der Waals surface area contributed by atoms with Gasteiger partial charge in [0.2, 0.25) is 0 Å². The number of nitrogens with zero attached hydrogens (tertiary/aromatic N) is 2. The van der Waals surface area contributed by atoms with E-state index in [0.717, 1.165) is 4.47 Å². The summed E-state index contributed by atoms with van der Waals surface area (Å²) in [4.78, 5) is 28.6. The Balaban J connectivity index is 2.44. The Hall–Kier alpha value is -2.41. The fraction of sp³-hybridized carbons (Fsp3) is 0.278. The third kappa shape index (κ3) is 4.57. The third-order valence-corrected chi connectivity index (χ3v) is 3.95. The summed E-state index contributed by atoms with van der Waals surface area (Å²) in [6.07, 6.45) is 1.49. The summed E-state index contributed by atoms with van der Waals surface area (Å²) >= 11 is 3.37. The molecule has 0 unspecified atom stereocenters. The van der Waals surface area contributed by atoms with E-state index in [-0.39, 0.29) is 18.9 Å². The Labute approximate surface area is 154 Å². The molecular formula is C18H19BrN2O4. The zero-order valence-electron chi connectivity index (χ0n) is 14.3. The molecule has 0 fully saturated rings. The van der Waals surface area contributed by atoms with Crippen LogP contribution in [0.15, 0.2) is 39.8 Å². The van der Waals surface area contributed by atoms with Gasteiger partial charge in [-0.25, -0.2) is 14.6 Å². The second-order valence-electron chi connectivity index (χ2n) is 5.06. The molecular weight excluding hydrogens is 388 g/mol. The molecule has 0 radical (unpaired) electrons. The molecule has 0 bridgehead atoms. The van der Waals surface area contributed by atoms with Gasteiger partial charge in [-0.05, 0) is 51.1 Å². The molecule has 0 aliphatic carbocycles. The van der Waals surface area contributed by atoms with E-state index in [2.05, 4.69) is 20.9 Å². The first kappa shape index (κ1) is 18.9. The molecule has 7 heteroatoms. The summed E-state index contributed by atoms with van der Waals surface area (Å²) in [5.74, 6) is -1.01. The number of carbonyl (C=O) groups is 2. The number of hydrogen-bond acceptors (Lipinski definition) is 5. The van der Waals surface area contributed by atoms with Crippen molar-refractivity contribution in [3.8, 4) is 0 Å². The summed E-state index contributed by atoms with van der Waals surface area (Å²) < 4.78 is 12.6. The highest BCUT2D eigenvalue weighted by Crippen LogP contribution is 2.19. The van der Waals surface area contributed by atoms with Crippen LogP contribution in [0, 0.1) is 6.92 Å². The summed E-state index contributed by atoms with van der Waals surface area (Å²) in [5.41, 5.74) is 1.81. The van der Waals surface area contributed by atoms with E-state index < -0.39 is 11.9 Å².